The maximum atomic E-state index is 5.35. The number of aryl methyl sites for hydroxylation is 6. The van der Waals surface area contributed by atoms with Crippen LogP contribution in [0.5, 0.6) is 0 Å². The fourth-order valence-corrected chi connectivity index (χ4v) is 10.3. The number of para-hydroxylation sites is 3. The Bertz CT molecular complexity index is 3580. The largest absolute Gasteiger partial charge is 0.310 e. The Labute approximate surface area is 407 Å². The molecule has 340 valence electrons. The number of fused-ring (bicyclic) bond motifs is 3. The third-order valence-electron chi connectivity index (χ3n) is 13.7. The molecule has 4 aromatic heterocycles. The highest BCUT2D eigenvalue weighted by molar-refractivity contribution is 6.13. The summed E-state index contributed by atoms with van der Waals surface area (Å²) in [6, 6.07) is 53.0. The van der Waals surface area contributed by atoms with Gasteiger partial charge >= 0.3 is 0 Å². The Kier molecular flexibility index (Phi) is 10.4. The van der Waals surface area contributed by atoms with Crippen molar-refractivity contribution < 1.29 is 0 Å². The van der Waals surface area contributed by atoms with Crippen LogP contribution in [0, 0.1) is 41.5 Å². The molecule has 0 saturated carbocycles. The lowest BCUT2D eigenvalue weighted by Gasteiger charge is -2.33. The molecule has 0 spiro atoms. The van der Waals surface area contributed by atoms with E-state index in [4.69, 9.17) is 29.9 Å². The summed E-state index contributed by atoms with van der Waals surface area (Å²) in [5.41, 5.74) is 19.4. The first kappa shape index (κ1) is 42.6. The summed E-state index contributed by atoms with van der Waals surface area (Å²) in [6.45, 7) is 13.2. The Morgan fingerprint density at radius 1 is 0.457 bits per heavy atom. The summed E-state index contributed by atoms with van der Waals surface area (Å²) in [5.74, 6) is 2.62. The van der Waals surface area contributed by atoms with Crippen molar-refractivity contribution in [2.45, 2.75) is 53.8 Å². The second-order valence-corrected chi connectivity index (χ2v) is 18.3. The number of anilines is 4. The Morgan fingerprint density at radius 2 is 0.900 bits per heavy atom. The SMILES string of the molecule is Cc1cc(N(c2cc(C)c(-c3nc4cccnc4n3-c3ccccc3)cc2C)c2cc(C)c(-c3nc4cccnc4n3-c3ccccc3)cc2C)c(C)cc1C1=NC2C=CC=NC2N1c1ccccc1. The first-order chi connectivity index (χ1) is 34.2. The lowest BCUT2D eigenvalue weighted by atomic mass is 9.96. The third kappa shape index (κ3) is 7.10. The second-order valence-electron chi connectivity index (χ2n) is 18.3. The molecule has 0 bridgehead atoms. The van der Waals surface area contributed by atoms with Gasteiger partial charge in [-0.25, -0.2) is 19.9 Å². The van der Waals surface area contributed by atoms with Gasteiger partial charge in [-0.05, 0) is 178 Å². The molecule has 2 atom stereocenters. The number of amidine groups is 1. The summed E-state index contributed by atoms with van der Waals surface area (Å²) in [6.07, 6.45) is 9.57. The Morgan fingerprint density at radius 3 is 1.39 bits per heavy atom. The highest BCUT2D eigenvalue weighted by Gasteiger charge is 2.38. The number of rotatable bonds is 9. The molecule has 0 N–H and O–H groups in total. The van der Waals surface area contributed by atoms with Crippen LogP contribution < -0.4 is 9.80 Å². The van der Waals surface area contributed by atoms with Crippen LogP contribution in [0.15, 0.2) is 186 Å². The van der Waals surface area contributed by atoms with Crippen molar-refractivity contribution in [3.05, 3.63) is 215 Å². The number of aliphatic imine (C=N–C) groups is 2. The van der Waals surface area contributed by atoms with Crippen molar-refractivity contribution in [2.75, 3.05) is 9.80 Å². The van der Waals surface area contributed by atoms with Crippen LogP contribution in [0.2, 0.25) is 0 Å². The molecule has 12 rings (SSSR count). The van der Waals surface area contributed by atoms with Crippen molar-refractivity contribution >= 4 is 57.1 Å². The fraction of sp³-hybridized carbons (Fsp3) is 0.133. The van der Waals surface area contributed by atoms with E-state index < -0.39 is 0 Å². The van der Waals surface area contributed by atoms with E-state index in [1.165, 1.54) is 0 Å². The molecule has 10 heteroatoms. The number of pyridine rings is 2. The predicted molar refractivity (Wildman–Crippen MR) is 286 cm³/mol. The predicted octanol–water partition coefficient (Wildman–Crippen LogP) is 13.4. The summed E-state index contributed by atoms with van der Waals surface area (Å²) in [5, 5.41) is 0. The summed E-state index contributed by atoms with van der Waals surface area (Å²) < 4.78 is 4.35. The number of benzene rings is 6. The zero-order valence-electron chi connectivity index (χ0n) is 39.9. The average Bonchev–Trinajstić information content (AvgIpc) is 4.09. The molecule has 70 heavy (non-hydrogen) atoms. The van der Waals surface area contributed by atoms with Gasteiger partial charge in [-0.15, -0.1) is 0 Å². The number of nitrogens with zero attached hydrogens (tertiary/aromatic N) is 10. The van der Waals surface area contributed by atoms with E-state index in [1.807, 2.05) is 61.1 Å². The molecular formula is C60H50N10. The van der Waals surface area contributed by atoms with Gasteiger partial charge in [-0.3, -0.25) is 19.1 Å². The summed E-state index contributed by atoms with van der Waals surface area (Å²) in [4.78, 5) is 35.1. The van der Waals surface area contributed by atoms with Crippen molar-refractivity contribution in [1.29, 1.82) is 0 Å². The number of imidazole rings is 2. The molecule has 0 saturated heterocycles. The van der Waals surface area contributed by atoms with Gasteiger partial charge in [0.05, 0.1) is 0 Å². The normalized spacial score (nSPS) is 15.2. The zero-order chi connectivity index (χ0) is 47.6. The third-order valence-corrected chi connectivity index (χ3v) is 13.7. The van der Waals surface area contributed by atoms with Gasteiger partial charge in [0, 0.05) is 69.4 Å². The minimum Gasteiger partial charge on any atom is -0.310 e. The topological polar surface area (TPSA) is 92.6 Å². The highest BCUT2D eigenvalue weighted by Crippen LogP contribution is 2.46. The Balaban J connectivity index is 1.05. The van der Waals surface area contributed by atoms with E-state index in [9.17, 15) is 0 Å². The van der Waals surface area contributed by atoms with E-state index in [-0.39, 0.29) is 12.2 Å². The number of dihydropyridines is 1. The molecule has 0 aliphatic carbocycles. The van der Waals surface area contributed by atoms with Crippen LogP contribution in [0.4, 0.5) is 22.7 Å². The van der Waals surface area contributed by atoms with Gasteiger partial charge in [0.1, 0.15) is 34.6 Å². The maximum absolute atomic E-state index is 5.35. The molecule has 0 amide bonds. The number of allylic oxidation sites excluding steroid dienone is 1. The van der Waals surface area contributed by atoms with Crippen molar-refractivity contribution in [3.63, 3.8) is 0 Å². The van der Waals surface area contributed by atoms with E-state index in [2.05, 4.69) is 182 Å². The van der Waals surface area contributed by atoms with Crippen LogP contribution in [0.3, 0.4) is 0 Å². The van der Waals surface area contributed by atoms with Crippen molar-refractivity contribution in [1.82, 2.24) is 29.1 Å². The molecule has 10 aromatic rings. The van der Waals surface area contributed by atoms with Gasteiger partial charge in [0.25, 0.3) is 0 Å². The standard InChI is InChI=1S/C60H50N10/c1-37-34-52(40(4)31-46(37)55-64-49-25-16-28-61-58(49)67(55)43-19-10-7-11-20-43)70(53-35-38(2)47(32-41(53)5)56-65-50-26-17-29-62-59(50)68(56)44-21-12-8-13-22-44)54-36-39(3)48(33-42(54)6)57-66-51-27-18-30-63-60(51)69(57)45-23-14-9-15-24-45/h7-36,49,58H,1-6H3. The van der Waals surface area contributed by atoms with Gasteiger partial charge in [0.2, 0.25) is 0 Å². The molecule has 10 nitrogen and oxygen atoms in total. The van der Waals surface area contributed by atoms with Gasteiger partial charge < -0.3 is 9.80 Å². The summed E-state index contributed by atoms with van der Waals surface area (Å²) in [7, 11) is 0. The van der Waals surface area contributed by atoms with E-state index in [1.54, 1.807) is 0 Å². The number of aromatic nitrogens is 6. The molecule has 2 aliphatic heterocycles. The smallest absolute Gasteiger partial charge is 0.164 e. The molecule has 2 aliphatic rings. The van der Waals surface area contributed by atoms with Crippen LogP contribution in [0.25, 0.3) is 56.5 Å². The molecule has 0 fully saturated rings. The van der Waals surface area contributed by atoms with Crippen molar-refractivity contribution in [2.24, 2.45) is 9.98 Å². The first-order valence-electron chi connectivity index (χ1n) is 23.8. The molecule has 2 unspecified atom stereocenters. The average molecular weight is 911 g/mol. The second kappa shape index (κ2) is 17.1. The van der Waals surface area contributed by atoms with Gasteiger partial charge in [0.15, 0.2) is 17.5 Å². The maximum Gasteiger partial charge on any atom is 0.164 e. The van der Waals surface area contributed by atoms with Crippen LogP contribution >= 0.6 is 0 Å². The minimum absolute atomic E-state index is 0.0823. The minimum atomic E-state index is -0.150. The number of hydrogen-bond donors (Lipinski definition) is 0. The van der Waals surface area contributed by atoms with Gasteiger partial charge in [-0.2, -0.15) is 0 Å². The molecular weight excluding hydrogens is 861 g/mol. The van der Waals surface area contributed by atoms with Crippen LogP contribution in [-0.4, -0.2) is 53.3 Å². The van der Waals surface area contributed by atoms with Crippen LogP contribution in [-0.2, 0) is 0 Å². The fourth-order valence-electron chi connectivity index (χ4n) is 10.3. The zero-order valence-corrected chi connectivity index (χ0v) is 39.9. The molecule has 0 radical (unpaired) electrons. The van der Waals surface area contributed by atoms with Gasteiger partial charge in [-0.1, -0.05) is 60.7 Å². The van der Waals surface area contributed by atoms with E-state index in [0.717, 1.165) is 124 Å². The van der Waals surface area contributed by atoms with Crippen molar-refractivity contribution in [3.8, 4) is 34.2 Å². The lowest BCUT2D eigenvalue weighted by molar-refractivity contribution is 0.659. The van der Waals surface area contributed by atoms with E-state index >= 15 is 0 Å². The molecule has 6 heterocycles. The van der Waals surface area contributed by atoms with Crippen LogP contribution in [0.1, 0.15) is 38.9 Å². The lowest BCUT2D eigenvalue weighted by Crippen LogP contribution is -2.39. The number of hydrogen-bond acceptors (Lipinski definition) is 8. The Hall–Kier alpha value is -8.76. The van der Waals surface area contributed by atoms with E-state index in [0.29, 0.717) is 0 Å². The first-order valence-corrected chi connectivity index (χ1v) is 23.8. The highest BCUT2D eigenvalue weighted by atomic mass is 15.4. The quantitative estimate of drug-likeness (QED) is 0.143. The monoisotopic (exact) mass is 910 g/mol. The molecule has 6 aromatic carbocycles. The summed E-state index contributed by atoms with van der Waals surface area (Å²) >= 11 is 0.